The summed E-state index contributed by atoms with van der Waals surface area (Å²) < 4.78 is 27.0. The molecule has 150 valence electrons. The van der Waals surface area contributed by atoms with Crippen LogP contribution in [-0.2, 0) is 10.0 Å². The Labute approximate surface area is 182 Å². The SMILES string of the molecule is Cc1sc2c(c1C)-c1nc(SCC(=O)c3ccc(Cl)cc3)ncc1S(=O)(=O)N2C. The number of benzene rings is 1. The molecule has 29 heavy (non-hydrogen) atoms. The van der Waals surface area contributed by atoms with Crippen molar-refractivity contribution in [2.24, 2.45) is 0 Å². The summed E-state index contributed by atoms with van der Waals surface area (Å²) in [5.41, 5.74) is 2.76. The number of Topliss-reactive ketones (excluding diaryl/α,β-unsaturated/α-hetero) is 1. The Hall–Kier alpha value is -1.94. The van der Waals surface area contributed by atoms with Crippen molar-refractivity contribution in [2.75, 3.05) is 17.1 Å². The van der Waals surface area contributed by atoms with Gasteiger partial charge in [-0.15, -0.1) is 11.3 Å². The van der Waals surface area contributed by atoms with Crippen molar-refractivity contribution in [3.8, 4) is 11.3 Å². The molecular formula is C19H16ClN3O3S3. The number of ketones is 1. The molecule has 0 aliphatic carbocycles. The number of carbonyl (C=O) groups excluding carboxylic acids is 1. The molecule has 0 saturated carbocycles. The van der Waals surface area contributed by atoms with Crippen molar-refractivity contribution in [3.63, 3.8) is 0 Å². The monoisotopic (exact) mass is 465 g/mol. The van der Waals surface area contributed by atoms with Crippen LogP contribution >= 0.6 is 34.7 Å². The number of aromatic nitrogens is 2. The fraction of sp³-hybridized carbons (Fsp3) is 0.211. The molecule has 6 nitrogen and oxygen atoms in total. The van der Waals surface area contributed by atoms with Crippen molar-refractivity contribution in [3.05, 3.63) is 51.5 Å². The molecular weight excluding hydrogens is 450 g/mol. The lowest BCUT2D eigenvalue weighted by Crippen LogP contribution is -2.30. The van der Waals surface area contributed by atoms with E-state index in [1.807, 2.05) is 13.8 Å². The van der Waals surface area contributed by atoms with Gasteiger partial charge in [0.25, 0.3) is 10.0 Å². The number of thioether (sulfide) groups is 1. The molecule has 0 radical (unpaired) electrons. The second kappa shape index (κ2) is 7.39. The quantitative estimate of drug-likeness (QED) is 0.318. The van der Waals surface area contributed by atoms with Crippen molar-refractivity contribution >= 4 is 55.5 Å². The first kappa shape index (κ1) is 20.3. The third kappa shape index (κ3) is 3.46. The molecule has 3 heterocycles. The molecule has 10 heteroatoms. The van der Waals surface area contributed by atoms with E-state index in [-0.39, 0.29) is 16.4 Å². The van der Waals surface area contributed by atoms with Crippen molar-refractivity contribution in [2.45, 2.75) is 23.9 Å². The first-order valence-corrected chi connectivity index (χ1v) is 12.2. The normalized spacial score (nSPS) is 14.4. The maximum absolute atomic E-state index is 12.9. The summed E-state index contributed by atoms with van der Waals surface area (Å²) in [4.78, 5) is 22.2. The zero-order valence-corrected chi connectivity index (χ0v) is 19.0. The fourth-order valence-electron chi connectivity index (χ4n) is 3.01. The molecule has 2 aromatic heterocycles. The van der Waals surface area contributed by atoms with Crippen LogP contribution in [0, 0.1) is 13.8 Å². The molecule has 0 saturated heterocycles. The van der Waals surface area contributed by atoms with Gasteiger partial charge in [0.05, 0.1) is 17.6 Å². The Kier molecular flexibility index (Phi) is 5.18. The van der Waals surface area contributed by atoms with E-state index < -0.39 is 10.0 Å². The van der Waals surface area contributed by atoms with Gasteiger partial charge in [0.15, 0.2) is 10.9 Å². The maximum atomic E-state index is 12.9. The van der Waals surface area contributed by atoms with Crippen molar-refractivity contribution < 1.29 is 13.2 Å². The van der Waals surface area contributed by atoms with Crippen LogP contribution in [0.4, 0.5) is 5.00 Å². The minimum absolute atomic E-state index is 0.0800. The Balaban J connectivity index is 1.68. The van der Waals surface area contributed by atoms with Gasteiger partial charge in [-0.1, -0.05) is 23.4 Å². The zero-order chi connectivity index (χ0) is 20.9. The van der Waals surface area contributed by atoms with Gasteiger partial charge in [-0.05, 0) is 43.7 Å². The molecule has 0 fully saturated rings. The number of anilines is 1. The predicted molar refractivity (Wildman–Crippen MR) is 117 cm³/mol. The Morgan fingerprint density at radius 2 is 1.93 bits per heavy atom. The average Bonchev–Trinajstić information content (AvgIpc) is 2.99. The molecule has 0 bridgehead atoms. The molecule has 0 spiro atoms. The molecule has 0 atom stereocenters. The molecule has 0 N–H and O–H groups in total. The lowest BCUT2D eigenvalue weighted by molar-refractivity contribution is 0.102. The highest BCUT2D eigenvalue weighted by molar-refractivity contribution is 7.99. The van der Waals surface area contributed by atoms with Gasteiger partial charge in [0, 0.05) is 28.1 Å². The number of halogens is 1. The van der Waals surface area contributed by atoms with Crippen LogP contribution in [0.5, 0.6) is 0 Å². The number of fused-ring (bicyclic) bond motifs is 3. The molecule has 0 amide bonds. The largest absolute Gasteiger partial charge is 0.293 e. The molecule has 0 unspecified atom stereocenters. The van der Waals surface area contributed by atoms with Crippen LogP contribution in [0.2, 0.25) is 5.02 Å². The maximum Gasteiger partial charge on any atom is 0.268 e. The summed E-state index contributed by atoms with van der Waals surface area (Å²) >= 11 is 8.46. The molecule has 1 aliphatic heterocycles. The summed E-state index contributed by atoms with van der Waals surface area (Å²) in [5, 5.41) is 1.58. The van der Waals surface area contributed by atoms with Crippen LogP contribution in [0.1, 0.15) is 20.8 Å². The summed E-state index contributed by atoms with van der Waals surface area (Å²) in [5.74, 6) is 0.0604. The van der Waals surface area contributed by atoms with Crippen LogP contribution in [-0.4, -0.2) is 37.0 Å². The molecule has 3 aromatic rings. The number of thiophene rings is 1. The van der Waals surface area contributed by atoms with Gasteiger partial charge < -0.3 is 0 Å². The van der Waals surface area contributed by atoms with E-state index in [0.29, 0.717) is 26.4 Å². The predicted octanol–water partition coefficient (Wildman–Crippen LogP) is 4.59. The number of carbonyl (C=O) groups is 1. The van der Waals surface area contributed by atoms with Crippen LogP contribution < -0.4 is 4.31 Å². The second-order valence-electron chi connectivity index (χ2n) is 6.52. The number of nitrogens with zero attached hydrogens (tertiary/aromatic N) is 3. The number of aryl methyl sites for hydroxylation is 1. The number of sulfonamides is 1. The van der Waals surface area contributed by atoms with Crippen LogP contribution in [0.15, 0.2) is 40.5 Å². The first-order valence-electron chi connectivity index (χ1n) is 8.58. The molecule has 1 aromatic carbocycles. The number of hydrogen-bond donors (Lipinski definition) is 0. The number of hydrogen-bond acceptors (Lipinski definition) is 7. The minimum atomic E-state index is -3.70. The van der Waals surface area contributed by atoms with E-state index in [2.05, 4.69) is 9.97 Å². The Morgan fingerprint density at radius 3 is 2.62 bits per heavy atom. The van der Waals surface area contributed by atoms with E-state index in [0.717, 1.165) is 16.0 Å². The fourth-order valence-corrected chi connectivity index (χ4v) is 6.46. The van der Waals surface area contributed by atoms with Crippen LogP contribution in [0.25, 0.3) is 11.3 Å². The van der Waals surface area contributed by atoms with E-state index in [1.165, 1.54) is 33.6 Å². The van der Waals surface area contributed by atoms with Gasteiger partial charge in [0.2, 0.25) is 0 Å². The Bertz CT molecular complexity index is 1240. The van der Waals surface area contributed by atoms with Gasteiger partial charge >= 0.3 is 0 Å². The van der Waals surface area contributed by atoms with Gasteiger partial charge in [0.1, 0.15) is 9.90 Å². The number of rotatable bonds is 4. The van der Waals surface area contributed by atoms with E-state index in [9.17, 15) is 13.2 Å². The van der Waals surface area contributed by atoms with Gasteiger partial charge in [-0.2, -0.15) is 0 Å². The second-order valence-corrected chi connectivity index (χ2v) is 11.0. The third-order valence-corrected chi connectivity index (χ3v) is 9.03. The standard InChI is InChI=1S/C19H16ClN3O3S3/c1-10-11(2)28-18-16(10)17-15(29(25,26)23(18)3)8-21-19(22-17)27-9-14(24)12-4-6-13(20)7-5-12/h4-8H,9H2,1-3H3. The smallest absolute Gasteiger partial charge is 0.268 e. The van der Waals surface area contributed by atoms with Gasteiger partial charge in [-0.25, -0.2) is 18.4 Å². The topological polar surface area (TPSA) is 80.2 Å². The highest BCUT2D eigenvalue weighted by Gasteiger charge is 2.37. The van der Waals surface area contributed by atoms with E-state index in [4.69, 9.17) is 11.6 Å². The molecule has 1 aliphatic rings. The zero-order valence-electron chi connectivity index (χ0n) is 15.8. The van der Waals surface area contributed by atoms with E-state index >= 15 is 0 Å². The average molecular weight is 466 g/mol. The molecule has 4 rings (SSSR count). The van der Waals surface area contributed by atoms with E-state index in [1.54, 1.807) is 31.3 Å². The highest BCUT2D eigenvalue weighted by atomic mass is 35.5. The summed E-state index contributed by atoms with van der Waals surface area (Å²) in [6.07, 6.45) is 1.33. The van der Waals surface area contributed by atoms with Crippen molar-refractivity contribution in [1.29, 1.82) is 0 Å². The Morgan fingerprint density at radius 1 is 1.24 bits per heavy atom. The highest BCUT2D eigenvalue weighted by Crippen LogP contribution is 2.48. The lowest BCUT2D eigenvalue weighted by atomic mass is 10.1. The lowest BCUT2D eigenvalue weighted by Gasteiger charge is -2.25. The summed E-state index contributed by atoms with van der Waals surface area (Å²) in [7, 11) is -2.16. The third-order valence-electron chi connectivity index (χ3n) is 4.76. The minimum Gasteiger partial charge on any atom is -0.293 e. The van der Waals surface area contributed by atoms with Gasteiger partial charge in [-0.3, -0.25) is 9.10 Å². The first-order chi connectivity index (χ1) is 13.7. The van der Waals surface area contributed by atoms with Crippen molar-refractivity contribution in [1.82, 2.24) is 9.97 Å². The summed E-state index contributed by atoms with van der Waals surface area (Å²) in [6.45, 7) is 3.92. The summed E-state index contributed by atoms with van der Waals surface area (Å²) in [6, 6.07) is 6.68. The van der Waals surface area contributed by atoms with Crippen LogP contribution in [0.3, 0.4) is 0 Å².